The maximum absolute atomic E-state index is 13.8. The van der Waals surface area contributed by atoms with Gasteiger partial charge in [-0.25, -0.2) is 19.0 Å². The number of nitrogens with one attached hydrogen (secondary N) is 1. The third-order valence-electron chi connectivity index (χ3n) is 5.81. The van der Waals surface area contributed by atoms with Gasteiger partial charge in [0.05, 0.1) is 25.4 Å². The zero-order valence-electron chi connectivity index (χ0n) is 19.5. The third kappa shape index (κ3) is 5.81. The first-order chi connectivity index (χ1) is 17.3. The van der Waals surface area contributed by atoms with Crippen molar-refractivity contribution in [1.29, 1.82) is 0 Å². The van der Waals surface area contributed by atoms with Gasteiger partial charge in [-0.2, -0.15) is 0 Å². The second kappa shape index (κ2) is 11.3. The van der Waals surface area contributed by atoms with Crippen LogP contribution in [-0.4, -0.2) is 72.2 Å². The van der Waals surface area contributed by atoms with Crippen LogP contribution >= 0.6 is 22.9 Å². The van der Waals surface area contributed by atoms with Crippen LogP contribution in [0.1, 0.15) is 23.5 Å². The molecule has 0 radical (unpaired) electrons. The largest absolute Gasteiger partial charge is 0.478 e. The summed E-state index contributed by atoms with van der Waals surface area (Å²) < 4.78 is 24.7. The quantitative estimate of drug-likeness (QED) is 0.411. The standard InChI is InChI=1S/C24H24ClFN4O5S/c1-13(9-19(31)32)18-12-30(6-7-35-18)11-17-20(24(33)34-2)21(15-4-3-14(26)10-16(15)25)29-22(28-17)23-27-5-8-36-23/h3-5,8-10,18,21H,6-7,11-12H2,1-2H3,(H,28,29)(H,31,32)/b13-9+. The summed E-state index contributed by atoms with van der Waals surface area (Å²) in [4.78, 5) is 35.2. The van der Waals surface area contributed by atoms with Crippen molar-refractivity contribution in [2.24, 2.45) is 4.99 Å². The molecular formula is C24H24ClFN4O5S. The first kappa shape index (κ1) is 26.0. The number of amidine groups is 1. The average molecular weight is 535 g/mol. The average Bonchev–Trinajstić information content (AvgIpc) is 3.38. The Kier molecular flexibility index (Phi) is 8.14. The molecule has 3 heterocycles. The van der Waals surface area contributed by atoms with Crippen molar-refractivity contribution in [3.8, 4) is 0 Å². The normalized spacial score (nSPS) is 21.1. The molecule has 1 aromatic heterocycles. The van der Waals surface area contributed by atoms with Crippen molar-refractivity contribution in [2.75, 3.05) is 33.4 Å². The molecule has 2 aliphatic heterocycles. The van der Waals surface area contributed by atoms with Crippen molar-refractivity contribution in [3.05, 3.63) is 74.1 Å². The Balaban J connectivity index is 1.74. The minimum atomic E-state index is -1.04. The number of hydrogen-bond donors (Lipinski definition) is 2. The number of esters is 1. The van der Waals surface area contributed by atoms with Crippen molar-refractivity contribution in [3.63, 3.8) is 0 Å². The molecule has 1 saturated heterocycles. The Morgan fingerprint density at radius 2 is 2.25 bits per heavy atom. The molecule has 0 bridgehead atoms. The monoisotopic (exact) mass is 534 g/mol. The predicted molar refractivity (Wildman–Crippen MR) is 133 cm³/mol. The van der Waals surface area contributed by atoms with Gasteiger partial charge in [0.25, 0.3) is 0 Å². The molecule has 0 spiro atoms. The van der Waals surface area contributed by atoms with Gasteiger partial charge in [-0.15, -0.1) is 11.3 Å². The van der Waals surface area contributed by atoms with E-state index in [4.69, 9.17) is 31.2 Å². The minimum absolute atomic E-state index is 0.130. The molecule has 36 heavy (non-hydrogen) atoms. The second-order valence-corrected chi connectivity index (χ2v) is 9.52. The number of halogens is 2. The molecule has 2 aliphatic rings. The highest BCUT2D eigenvalue weighted by atomic mass is 35.5. The molecule has 1 aromatic carbocycles. The summed E-state index contributed by atoms with van der Waals surface area (Å²) in [5.74, 6) is -1.70. The molecule has 2 N–H and O–H groups in total. The van der Waals surface area contributed by atoms with E-state index in [0.29, 0.717) is 53.9 Å². The van der Waals surface area contributed by atoms with Gasteiger partial charge in [-0.3, -0.25) is 9.89 Å². The highest BCUT2D eigenvalue weighted by molar-refractivity contribution is 7.11. The number of ether oxygens (including phenoxy) is 2. The van der Waals surface area contributed by atoms with Gasteiger partial charge in [-0.1, -0.05) is 17.7 Å². The number of morpholine rings is 1. The topological polar surface area (TPSA) is 113 Å². The lowest BCUT2D eigenvalue weighted by molar-refractivity contribution is -0.136. The fourth-order valence-electron chi connectivity index (χ4n) is 4.10. The van der Waals surface area contributed by atoms with Gasteiger partial charge in [0.1, 0.15) is 11.9 Å². The Labute approximate surface area is 215 Å². The van der Waals surface area contributed by atoms with Gasteiger partial charge in [0.15, 0.2) is 10.8 Å². The van der Waals surface area contributed by atoms with Crippen LogP contribution in [0.3, 0.4) is 0 Å². The number of rotatable bonds is 7. The third-order valence-corrected chi connectivity index (χ3v) is 6.92. The first-order valence-electron chi connectivity index (χ1n) is 11.0. The highest BCUT2D eigenvalue weighted by Crippen LogP contribution is 2.37. The van der Waals surface area contributed by atoms with Crippen molar-refractivity contribution < 1.29 is 28.6 Å². The summed E-state index contributed by atoms with van der Waals surface area (Å²) in [6.45, 7) is 3.37. The molecule has 2 atom stereocenters. The van der Waals surface area contributed by atoms with Crippen LogP contribution in [0.2, 0.25) is 5.02 Å². The Morgan fingerprint density at radius 1 is 1.44 bits per heavy atom. The van der Waals surface area contributed by atoms with Gasteiger partial charge >= 0.3 is 11.9 Å². The zero-order valence-corrected chi connectivity index (χ0v) is 21.1. The smallest absolute Gasteiger partial charge is 0.338 e. The van der Waals surface area contributed by atoms with E-state index in [-0.39, 0.29) is 10.6 Å². The number of hydrogen-bond acceptors (Lipinski definition) is 9. The number of carboxylic acid groups (broad SMARTS) is 1. The molecule has 4 rings (SSSR count). The second-order valence-electron chi connectivity index (χ2n) is 8.21. The van der Waals surface area contributed by atoms with Crippen LogP contribution in [0.5, 0.6) is 0 Å². The number of carbonyl (C=O) groups is 2. The molecule has 1 fully saturated rings. The van der Waals surface area contributed by atoms with E-state index in [1.165, 1.54) is 36.6 Å². The van der Waals surface area contributed by atoms with E-state index < -0.39 is 29.9 Å². The van der Waals surface area contributed by atoms with Gasteiger partial charge in [-0.05, 0) is 24.6 Å². The molecule has 190 valence electrons. The number of carboxylic acids is 1. The molecule has 12 heteroatoms. The van der Waals surface area contributed by atoms with Gasteiger partial charge < -0.3 is 19.9 Å². The Bertz CT molecular complexity index is 1250. The number of aromatic nitrogens is 1. The number of aliphatic carboxylic acids is 1. The SMILES string of the molecule is COC(=O)C1=C(CN2CCOC(/C(C)=C/C(=O)O)C2)NC(c2nccs2)=NC1c1ccc(F)cc1Cl. The molecule has 0 amide bonds. The molecule has 2 aromatic rings. The molecule has 9 nitrogen and oxygen atoms in total. The number of nitrogens with zero attached hydrogens (tertiary/aromatic N) is 3. The molecule has 0 aliphatic carbocycles. The minimum Gasteiger partial charge on any atom is -0.478 e. The van der Waals surface area contributed by atoms with Crippen LogP contribution in [0, 0.1) is 5.82 Å². The molecule has 2 unspecified atom stereocenters. The lowest BCUT2D eigenvalue weighted by Crippen LogP contribution is -2.46. The number of methoxy groups -OCH3 is 1. The van der Waals surface area contributed by atoms with Crippen molar-refractivity contribution in [2.45, 2.75) is 19.1 Å². The maximum Gasteiger partial charge on any atom is 0.338 e. The summed E-state index contributed by atoms with van der Waals surface area (Å²) in [6, 6.07) is 3.09. The van der Waals surface area contributed by atoms with E-state index in [0.717, 1.165) is 6.08 Å². The zero-order chi connectivity index (χ0) is 25.8. The number of aliphatic imine (C=N–C) groups is 1. The number of thiazole rings is 1. The van der Waals surface area contributed by atoms with E-state index in [9.17, 15) is 14.0 Å². The highest BCUT2D eigenvalue weighted by Gasteiger charge is 2.35. The Morgan fingerprint density at radius 3 is 2.92 bits per heavy atom. The Hall–Kier alpha value is -3.12. The van der Waals surface area contributed by atoms with Crippen LogP contribution in [0.25, 0.3) is 0 Å². The van der Waals surface area contributed by atoms with Crippen LogP contribution in [0.4, 0.5) is 4.39 Å². The van der Waals surface area contributed by atoms with E-state index in [2.05, 4.69) is 10.3 Å². The fourth-order valence-corrected chi connectivity index (χ4v) is 4.96. The van der Waals surface area contributed by atoms with Crippen molar-refractivity contribution in [1.82, 2.24) is 15.2 Å². The van der Waals surface area contributed by atoms with Crippen molar-refractivity contribution >= 4 is 40.7 Å². The van der Waals surface area contributed by atoms with E-state index in [1.807, 2.05) is 10.3 Å². The van der Waals surface area contributed by atoms with Crippen LogP contribution < -0.4 is 5.32 Å². The molecular weight excluding hydrogens is 511 g/mol. The van der Waals surface area contributed by atoms with E-state index >= 15 is 0 Å². The lowest BCUT2D eigenvalue weighted by atomic mass is 9.95. The molecule has 0 saturated carbocycles. The summed E-state index contributed by atoms with van der Waals surface area (Å²) >= 11 is 7.76. The predicted octanol–water partition coefficient (Wildman–Crippen LogP) is 3.19. The van der Waals surface area contributed by atoms with Crippen LogP contribution in [0.15, 0.2) is 57.7 Å². The summed E-state index contributed by atoms with van der Waals surface area (Å²) in [6.07, 6.45) is 2.37. The number of benzene rings is 1. The lowest BCUT2D eigenvalue weighted by Gasteiger charge is -2.35. The summed E-state index contributed by atoms with van der Waals surface area (Å²) in [7, 11) is 1.28. The summed E-state index contributed by atoms with van der Waals surface area (Å²) in [5, 5.41) is 14.9. The summed E-state index contributed by atoms with van der Waals surface area (Å²) in [5.41, 5.74) is 1.82. The number of carbonyl (C=O) groups excluding carboxylic acids is 1. The maximum atomic E-state index is 13.8. The van der Waals surface area contributed by atoms with E-state index in [1.54, 1.807) is 13.1 Å². The van der Waals surface area contributed by atoms with Crippen LogP contribution in [-0.2, 0) is 19.1 Å². The van der Waals surface area contributed by atoms with Gasteiger partial charge in [0.2, 0.25) is 0 Å². The first-order valence-corrected chi connectivity index (χ1v) is 12.3. The van der Waals surface area contributed by atoms with Gasteiger partial charge in [0, 0.05) is 53.6 Å². The fraction of sp³-hybridized carbons (Fsp3) is 0.333.